The van der Waals surface area contributed by atoms with Gasteiger partial charge >= 0.3 is 0 Å². The quantitative estimate of drug-likeness (QED) is 0.665. The van der Waals surface area contributed by atoms with Gasteiger partial charge in [0.2, 0.25) is 0 Å². The molecule has 1 aromatic carbocycles. The maximum absolute atomic E-state index is 11.1. The maximum Gasteiger partial charge on any atom is 0.297 e. The molecule has 7 nitrogen and oxygen atoms in total. The standard InChI is InChI=1S/C9H5BrN4O3/c10-8-7(9(11)15)13-6-4(12-8)2-1-3-5(6)14(16)17/h1-3H,(H2,11,15). The minimum absolute atomic E-state index is 0.0366. The highest BCUT2D eigenvalue weighted by atomic mass is 79.9. The van der Waals surface area contributed by atoms with Crippen molar-refractivity contribution in [2.75, 3.05) is 0 Å². The Hall–Kier alpha value is -2.09. The van der Waals surface area contributed by atoms with Gasteiger partial charge in [0.15, 0.2) is 11.2 Å². The molecule has 86 valence electrons. The molecule has 2 aromatic rings. The summed E-state index contributed by atoms with van der Waals surface area (Å²) < 4.78 is 0.165. The number of aromatic nitrogens is 2. The van der Waals surface area contributed by atoms with Crippen LogP contribution in [0.1, 0.15) is 10.5 Å². The maximum atomic E-state index is 11.1. The number of hydrogen-bond donors (Lipinski definition) is 1. The van der Waals surface area contributed by atoms with Gasteiger partial charge in [0, 0.05) is 6.07 Å². The first-order valence-corrected chi connectivity index (χ1v) is 5.20. The molecule has 0 atom stereocenters. The van der Waals surface area contributed by atoms with E-state index in [0.717, 1.165) is 0 Å². The lowest BCUT2D eigenvalue weighted by molar-refractivity contribution is -0.383. The molecule has 0 spiro atoms. The van der Waals surface area contributed by atoms with Gasteiger partial charge in [0.05, 0.1) is 10.4 Å². The van der Waals surface area contributed by atoms with Crippen molar-refractivity contribution in [3.05, 3.63) is 38.6 Å². The van der Waals surface area contributed by atoms with E-state index in [2.05, 4.69) is 25.9 Å². The second kappa shape index (κ2) is 4.06. The van der Waals surface area contributed by atoms with Crippen LogP contribution in [0.25, 0.3) is 11.0 Å². The predicted octanol–water partition coefficient (Wildman–Crippen LogP) is 1.40. The number of non-ortho nitro benzene ring substituents is 1. The van der Waals surface area contributed by atoms with E-state index < -0.39 is 10.8 Å². The summed E-state index contributed by atoms with van der Waals surface area (Å²) in [7, 11) is 0. The molecule has 1 aromatic heterocycles. The summed E-state index contributed by atoms with van der Waals surface area (Å²) in [6.45, 7) is 0. The average molecular weight is 297 g/mol. The van der Waals surface area contributed by atoms with E-state index in [1.807, 2.05) is 0 Å². The molecule has 8 heteroatoms. The second-order valence-electron chi connectivity index (χ2n) is 3.13. The van der Waals surface area contributed by atoms with Crippen molar-refractivity contribution in [1.82, 2.24) is 9.97 Å². The Kier molecular flexibility index (Phi) is 2.72. The number of nitro benzene ring substituents is 1. The number of nitro groups is 1. The number of primary amides is 1. The molecule has 0 bridgehead atoms. The number of para-hydroxylation sites is 1. The summed E-state index contributed by atoms with van der Waals surface area (Å²) in [5.41, 5.74) is 5.09. The third-order valence-electron chi connectivity index (χ3n) is 2.06. The fourth-order valence-corrected chi connectivity index (χ4v) is 1.82. The molecule has 0 aliphatic heterocycles. The SMILES string of the molecule is NC(=O)c1nc2c([N+](=O)[O-])cccc2nc1Br. The molecule has 0 aliphatic carbocycles. The second-order valence-corrected chi connectivity index (χ2v) is 3.88. The van der Waals surface area contributed by atoms with Gasteiger partial charge < -0.3 is 5.73 Å². The van der Waals surface area contributed by atoms with Gasteiger partial charge in [-0.2, -0.15) is 0 Å². The van der Waals surface area contributed by atoms with Gasteiger partial charge in [0.25, 0.3) is 11.6 Å². The van der Waals surface area contributed by atoms with Crippen LogP contribution in [0.5, 0.6) is 0 Å². The van der Waals surface area contributed by atoms with Crippen LogP contribution in [-0.4, -0.2) is 20.8 Å². The molecule has 17 heavy (non-hydrogen) atoms. The van der Waals surface area contributed by atoms with Crippen molar-refractivity contribution < 1.29 is 9.72 Å². The van der Waals surface area contributed by atoms with E-state index in [9.17, 15) is 14.9 Å². The molecule has 0 aliphatic rings. The smallest absolute Gasteiger partial charge is 0.297 e. The summed E-state index contributed by atoms with van der Waals surface area (Å²) in [5, 5.41) is 10.8. The van der Waals surface area contributed by atoms with Gasteiger partial charge in [0.1, 0.15) is 4.60 Å². The monoisotopic (exact) mass is 296 g/mol. The van der Waals surface area contributed by atoms with Crippen LogP contribution in [0.4, 0.5) is 5.69 Å². The Morgan fingerprint density at radius 2 is 2.12 bits per heavy atom. The van der Waals surface area contributed by atoms with Crippen LogP contribution in [0, 0.1) is 10.1 Å². The first kappa shape index (κ1) is 11.4. The van der Waals surface area contributed by atoms with Crippen molar-refractivity contribution in [2.45, 2.75) is 0 Å². The van der Waals surface area contributed by atoms with Gasteiger partial charge in [-0.25, -0.2) is 9.97 Å². The largest absolute Gasteiger partial charge is 0.364 e. The highest BCUT2D eigenvalue weighted by Gasteiger charge is 2.18. The Labute approximate surface area is 103 Å². The number of benzene rings is 1. The number of carbonyl (C=O) groups is 1. The Balaban J connectivity index is 2.85. The Morgan fingerprint density at radius 3 is 2.71 bits per heavy atom. The van der Waals surface area contributed by atoms with Crippen LogP contribution in [0.3, 0.4) is 0 Å². The zero-order valence-electron chi connectivity index (χ0n) is 8.25. The fraction of sp³-hybridized carbons (Fsp3) is 0. The lowest BCUT2D eigenvalue weighted by Gasteiger charge is -2.02. The van der Waals surface area contributed by atoms with Crippen LogP contribution in [0.2, 0.25) is 0 Å². The lowest BCUT2D eigenvalue weighted by atomic mass is 10.2. The Morgan fingerprint density at radius 1 is 1.41 bits per heavy atom. The molecule has 0 fully saturated rings. The highest BCUT2D eigenvalue weighted by molar-refractivity contribution is 9.10. The summed E-state index contributed by atoms with van der Waals surface area (Å²) in [5.74, 6) is -0.801. The van der Waals surface area contributed by atoms with Crippen molar-refractivity contribution in [1.29, 1.82) is 0 Å². The number of amides is 1. The number of hydrogen-bond acceptors (Lipinski definition) is 5. The number of carbonyl (C=O) groups excluding carboxylic acids is 1. The topological polar surface area (TPSA) is 112 Å². The molecule has 0 saturated carbocycles. The first-order chi connectivity index (χ1) is 8.00. The number of rotatable bonds is 2. The summed E-state index contributed by atoms with van der Waals surface area (Å²) in [6.07, 6.45) is 0. The zero-order valence-corrected chi connectivity index (χ0v) is 9.84. The number of nitrogens with zero attached hydrogens (tertiary/aromatic N) is 3. The van der Waals surface area contributed by atoms with Crippen molar-refractivity contribution in [3.63, 3.8) is 0 Å². The third kappa shape index (κ3) is 1.94. The summed E-state index contributed by atoms with van der Waals surface area (Å²) in [4.78, 5) is 29.1. The van der Waals surface area contributed by atoms with Crippen molar-refractivity contribution in [3.8, 4) is 0 Å². The lowest BCUT2D eigenvalue weighted by Crippen LogP contribution is -2.15. The first-order valence-electron chi connectivity index (χ1n) is 4.41. The predicted molar refractivity (Wildman–Crippen MR) is 62.4 cm³/mol. The number of halogens is 1. The zero-order chi connectivity index (χ0) is 12.6. The molecule has 1 amide bonds. The normalized spacial score (nSPS) is 10.4. The van der Waals surface area contributed by atoms with Crippen LogP contribution >= 0.6 is 15.9 Å². The van der Waals surface area contributed by atoms with Gasteiger partial charge in [-0.15, -0.1) is 0 Å². The van der Waals surface area contributed by atoms with E-state index in [-0.39, 0.29) is 21.5 Å². The molecular weight excluding hydrogens is 292 g/mol. The number of nitrogens with two attached hydrogens (primary N) is 1. The van der Waals surface area contributed by atoms with Crippen LogP contribution in [0.15, 0.2) is 22.8 Å². The minimum Gasteiger partial charge on any atom is -0.364 e. The Bertz CT molecular complexity index is 643. The van der Waals surface area contributed by atoms with Gasteiger partial charge in [-0.1, -0.05) is 6.07 Å². The minimum atomic E-state index is -0.801. The highest BCUT2D eigenvalue weighted by Crippen LogP contribution is 2.24. The molecule has 1 heterocycles. The van der Waals surface area contributed by atoms with E-state index in [1.54, 1.807) is 6.07 Å². The molecule has 0 saturated heterocycles. The van der Waals surface area contributed by atoms with Crippen LogP contribution in [-0.2, 0) is 0 Å². The van der Waals surface area contributed by atoms with E-state index in [1.165, 1.54) is 12.1 Å². The van der Waals surface area contributed by atoms with E-state index in [0.29, 0.717) is 5.52 Å². The van der Waals surface area contributed by atoms with Gasteiger partial charge in [-0.3, -0.25) is 14.9 Å². The van der Waals surface area contributed by atoms with Gasteiger partial charge in [-0.05, 0) is 22.0 Å². The molecular formula is C9H5BrN4O3. The molecule has 2 rings (SSSR count). The van der Waals surface area contributed by atoms with Crippen LogP contribution < -0.4 is 5.73 Å². The third-order valence-corrected chi connectivity index (χ3v) is 2.61. The summed E-state index contributed by atoms with van der Waals surface area (Å²) >= 11 is 3.04. The van der Waals surface area contributed by atoms with Crippen molar-refractivity contribution >= 4 is 38.6 Å². The fourth-order valence-electron chi connectivity index (χ4n) is 1.34. The summed E-state index contributed by atoms with van der Waals surface area (Å²) in [6, 6.07) is 4.34. The molecule has 2 N–H and O–H groups in total. The van der Waals surface area contributed by atoms with E-state index >= 15 is 0 Å². The van der Waals surface area contributed by atoms with Crippen molar-refractivity contribution in [2.24, 2.45) is 5.73 Å². The van der Waals surface area contributed by atoms with E-state index in [4.69, 9.17) is 5.73 Å². The number of fused-ring (bicyclic) bond motifs is 1. The molecule has 0 unspecified atom stereocenters. The molecule has 0 radical (unpaired) electrons. The average Bonchev–Trinajstić information content (AvgIpc) is 2.26.